The molecule has 7 nitrogen and oxygen atoms in total. The number of ether oxygens (including phenoxy) is 1. The zero-order valence-corrected chi connectivity index (χ0v) is 19.4. The van der Waals surface area contributed by atoms with Crippen LogP contribution in [0.3, 0.4) is 0 Å². The van der Waals surface area contributed by atoms with Crippen molar-refractivity contribution in [2.45, 2.75) is 19.1 Å². The van der Waals surface area contributed by atoms with Crippen LogP contribution in [0.25, 0.3) is 17.2 Å². The van der Waals surface area contributed by atoms with E-state index < -0.39 is 0 Å². The van der Waals surface area contributed by atoms with E-state index in [9.17, 15) is 4.79 Å². The number of thioether (sulfide) groups is 1. The fraction of sp³-hybridized carbons (Fsp3) is 0.200. The Morgan fingerprint density at radius 2 is 1.79 bits per heavy atom. The average Bonchev–Trinajstić information content (AvgIpc) is 3.09. The smallest absolute Gasteiger partial charge is 0.252 e. The van der Waals surface area contributed by atoms with Gasteiger partial charge in [0.25, 0.3) is 5.95 Å². The molecule has 1 aliphatic rings. The molecule has 0 spiro atoms. The third kappa shape index (κ3) is 4.09. The van der Waals surface area contributed by atoms with Gasteiger partial charge in [-0.2, -0.15) is 9.78 Å². The molecule has 0 saturated heterocycles. The van der Waals surface area contributed by atoms with Crippen molar-refractivity contribution in [1.29, 1.82) is 0 Å². The highest BCUT2D eigenvalue weighted by atomic mass is 32.2. The van der Waals surface area contributed by atoms with Crippen LogP contribution in [-0.2, 0) is 4.79 Å². The minimum absolute atomic E-state index is 0.0863. The predicted octanol–water partition coefficient (Wildman–Crippen LogP) is 4.73. The first kappa shape index (κ1) is 21.2. The maximum absolute atomic E-state index is 12.8. The number of methoxy groups -OCH3 is 1. The van der Waals surface area contributed by atoms with Crippen LogP contribution in [0.5, 0.6) is 5.75 Å². The number of aromatic nitrogens is 4. The second-order valence-electron chi connectivity index (χ2n) is 7.86. The summed E-state index contributed by atoms with van der Waals surface area (Å²) in [5, 5.41) is 7.88. The Morgan fingerprint density at radius 3 is 2.52 bits per heavy atom. The molecule has 2 aromatic carbocycles. The van der Waals surface area contributed by atoms with E-state index in [2.05, 4.69) is 21.4 Å². The molecule has 0 fully saturated rings. The van der Waals surface area contributed by atoms with Gasteiger partial charge in [0.1, 0.15) is 11.6 Å². The van der Waals surface area contributed by atoms with Gasteiger partial charge in [-0.05, 0) is 37.6 Å². The van der Waals surface area contributed by atoms with Crippen LogP contribution in [0, 0.1) is 13.8 Å². The summed E-state index contributed by atoms with van der Waals surface area (Å²) in [6, 6.07) is 19.8. The molecule has 0 aliphatic carbocycles. The van der Waals surface area contributed by atoms with Crippen molar-refractivity contribution in [3.8, 4) is 23.0 Å². The molecule has 0 bridgehead atoms. The number of nitrogens with one attached hydrogen (secondary N) is 1. The standard InChI is InChI=1S/C25H23N5O2S/c1-15-12-16(2)27-25(26-15)30-24-21(22(29-30)17-8-5-4-6-9-17)23(33-14-20(31)28-24)18-10-7-11-19(13-18)32-3/h4-13,23H,14H2,1-3H3,(H,28,31). The highest BCUT2D eigenvalue weighted by Gasteiger charge is 2.33. The molecule has 1 amide bonds. The minimum atomic E-state index is -0.135. The van der Waals surface area contributed by atoms with Gasteiger partial charge in [0, 0.05) is 22.5 Å². The summed E-state index contributed by atoms with van der Waals surface area (Å²) >= 11 is 1.57. The monoisotopic (exact) mass is 457 g/mol. The third-order valence-corrected chi connectivity index (χ3v) is 6.70. The topological polar surface area (TPSA) is 81.9 Å². The summed E-state index contributed by atoms with van der Waals surface area (Å²) in [5.41, 5.74) is 5.38. The molecule has 0 radical (unpaired) electrons. The lowest BCUT2D eigenvalue weighted by Crippen LogP contribution is -2.17. The molecule has 1 unspecified atom stereocenters. The van der Waals surface area contributed by atoms with Gasteiger partial charge in [-0.15, -0.1) is 11.8 Å². The summed E-state index contributed by atoms with van der Waals surface area (Å²) in [4.78, 5) is 22.0. The van der Waals surface area contributed by atoms with Crippen LogP contribution in [0.15, 0.2) is 60.7 Å². The normalized spacial score (nSPS) is 15.5. The lowest BCUT2D eigenvalue weighted by Gasteiger charge is -2.17. The van der Waals surface area contributed by atoms with Gasteiger partial charge in [0.15, 0.2) is 0 Å². The van der Waals surface area contributed by atoms with Crippen molar-refractivity contribution in [2.75, 3.05) is 18.2 Å². The summed E-state index contributed by atoms with van der Waals surface area (Å²) in [6.45, 7) is 3.85. The van der Waals surface area contributed by atoms with Crippen molar-refractivity contribution < 1.29 is 9.53 Å². The van der Waals surface area contributed by atoms with Gasteiger partial charge in [-0.3, -0.25) is 4.79 Å². The zero-order chi connectivity index (χ0) is 22.9. The first-order valence-corrected chi connectivity index (χ1v) is 11.6. The third-order valence-electron chi connectivity index (χ3n) is 5.43. The number of amides is 1. The molecule has 33 heavy (non-hydrogen) atoms. The van der Waals surface area contributed by atoms with E-state index in [1.165, 1.54) is 0 Å². The molecule has 4 aromatic rings. The van der Waals surface area contributed by atoms with Gasteiger partial charge in [0.05, 0.1) is 23.8 Å². The van der Waals surface area contributed by atoms with Crippen LogP contribution < -0.4 is 10.1 Å². The maximum Gasteiger partial charge on any atom is 0.252 e. The number of anilines is 1. The Morgan fingerprint density at radius 1 is 1.03 bits per heavy atom. The van der Waals surface area contributed by atoms with Crippen molar-refractivity contribution in [3.63, 3.8) is 0 Å². The Hall–Kier alpha value is -3.65. The van der Waals surface area contributed by atoms with E-state index in [-0.39, 0.29) is 11.2 Å². The van der Waals surface area contributed by atoms with Crippen molar-refractivity contribution in [2.24, 2.45) is 0 Å². The maximum atomic E-state index is 12.8. The van der Waals surface area contributed by atoms with Crippen molar-refractivity contribution in [1.82, 2.24) is 19.7 Å². The molecule has 5 rings (SSSR count). The highest BCUT2D eigenvalue weighted by Crippen LogP contribution is 2.47. The van der Waals surface area contributed by atoms with Crippen LogP contribution >= 0.6 is 11.8 Å². The minimum Gasteiger partial charge on any atom is -0.497 e. The fourth-order valence-corrected chi connectivity index (χ4v) is 5.15. The van der Waals surface area contributed by atoms with Crippen LogP contribution in [0.1, 0.15) is 27.8 Å². The highest BCUT2D eigenvalue weighted by molar-refractivity contribution is 8.00. The van der Waals surface area contributed by atoms with Crippen molar-refractivity contribution >= 4 is 23.5 Å². The Kier molecular flexibility index (Phi) is 5.60. The molecule has 0 saturated carbocycles. The molecule has 2 aromatic heterocycles. The largest absolute Gasteiger partial charge is 0.497 e. The molecule has 166 valence electrons. The second kappa shape index (κ2) is 8.71. The second-order valence-corrected chi connectivity index (χ2v) is 8.95. The molecule has 3 heterocycles. The number of rotatable bonds is 4. The summed E-state index contributed by atoms with van der Waals surface area (Å²) in [6.07, 6.45) is 0. The summed E-state index contributed by atoms with van der Waals surface area (Å²) in [5.74, 6) is 2.03. The number of carbonyl (C=O) groups excluding carboxylic acids is 1. The van der Waals surface area contributed by atoms with Crippen molar-refractivity contribution in [3.05, 3.63) is 83.2 Å². The summed E-state index contributed by atoms with van der Waals surface area (Å²) < 4.78 is 7.13. The predicted molar refractivity (Wildman–Crippen MR) is 130 cm³/mol. The number of carbonyl (C=O) groups is 1. The molecule has 8 heteroatoms. The number of hydrogen-bond donors (Lipinski definition) is 1. The van der Waals surface area contributed by atoms with Crippen LogP contribution in [0.2, 0.25) is 0 Å². The zero-order valence-electron chi connectivity index (χ0n) is 18.6. The number of nitrogens with zero attached hydrogens (tertiary/aromatic N) is 4. The first-order valence-electron chi connectivity index (χ1n) is 10.6. The van der Waals surface area contributed by atoms with Gasteiger partial charge in [0.2, 0.25) is 5.91 Å². The van der Waals surface area contributed by atoms with Gasteiger partial charge < -0.3 is 10.1 Å². The van der Waals surface area contributed by atoms with Gasteiger partial charge in [-0.1, -0.05) is 42.5 Å². The van der Waals surface area contributed by atoms with Gasteiger partial charge >= 0.3 is 0 Å². The van der Waals surface area contributed by atoms with Crippen LogP contribution in [-0.4, -0.2) is 38.5 Å². The number of aryl methyl sites for hydroxylation is 2. The molecule has 1 aliphatic heterocycles. The average molecular weight is 458 g/mol. The number of benzene rings is 2. The Labute approximate surface area is 196 Å². The number of fused-ring (bicyclic) bond motifs is 1. The van der Waals surface area contributed by atoms with E-state index in [0.717, 1.165) is 39.5 Å². The Bertz CT molecular complexity index is 1320. The fourth-order valence-electron chi connectivity index (χ4n) is 4.03. The molecule has 1 N–H and O–H groups in total. The number of hydrogen-bond acceptors (Lipinski definition) is 6. The Balaban J connectivity index is 1.80. The quantitative estimate of drug-likeness (QED) is 0.477. The van der Waals surface area contributed by atoms with Gasteiger partial charge in [-0.25, -0.2) is 9.97 Å². The lowest BCUT2D eigenvalue weighted by molar-refractivity contribution is -0.113. The van der Waals surface area contributed by atoms with E-state index in [1.54, 1.807) is 23.6 Å². The first-order chi connectivity index (χ1) is 16.0. The molecular formula is C25H23N5O2S. The van der Waals surface area contributed by atoms with E-state index >= 15 is 0 Å². The lowest BCUT2D eigenvalue weighted by atomic mass is 10.00. The van der Waals surface area contributed by atoms with E-state index in [1.807, 2.05) is 68.4 Å². The van der Waals surface area contributed by atoms with Crippen LogP contribution in [0.4, 0.5) is 5.82 Å². The SMILES string of the molecule is COc1cccc(C2SCC(=O)Nc3c2c(-c2ccccc2)nn3-c2nc(C)cc(C)n2)c1. The van der Waals surface area contributed by atoms with E-state index in [0.29, 0.717) is 17.5 Å². The molecule has 1 atom stereocenters. The molecular weight excluding hydrogens is 434 g/mol. The van der Waals surface area contributed by atoms with E-state index in [4.69, 9.17) is 9.84 Å². The summed E-state index contributed by atoms with van der Waals surface area (Å²) in [7, 11) is 1.65.